The van der Waals surface area contributed by atoms with E-state index in [4.69, 9.17) is 28.2 Å². The molecule has 15 nitrogen and oxygen atoms in total. The number of aromatic nitrogens is 4. The fourth-order valence-electron chi connectivity index (χ4n) is 8.34. The number of amides is 1. The van der Waals surface area contributed by atoms with Crippen LogP contribution in [-0.2, 0) is 28.9 Å². The second-order valence-corrected chi connectivity index (χ2v) is 17.6. The van der Waals surface area contributed by atoms with Crippen molar-refractivity contribution in [3.05, 3.63) is 118 Å². The molecule has 0 radical (unpaired) electrons. The van der Waals surface area contributed by atoms with Crippen molar-refractivity contribution in [1.29, 1.82) is 5.26 Å². The molecule has 2 aliphatic heterocycles. The number of benzene rings is 3. The number of aromatic amines is 1. The third kappa shape index (κ3) is 8.85. The van der Waals surface area contributed by atoms with Crippen LogP contribution in [0.5, 0.6) is 5.75 Å². The van der Waals surface area contributed by atoms with Crippen LogP contribution in [0.25, 0.3) is 11.2 Å². The molecule has 3 N–H and O–H groups in total. The van der Waals surface area contributed by atoms with Gasteiger partial charge < -0.3 is 23.3 Å². The lowest BCUT2D eigenvalue weighted by Crippen LogP contribution is -2.64. The molecule has 2 bridgehead atoms. The number of nitriles is 1. The average molecular weight is 851 g/mol. The van der Waals surface area contributed by atoms with Gasteiger partial charge in [-0.1, -0.05) is 86.6 Å². The lowest BCUT2D eigenvalue weighted by Gasteiger charge is -2.47. The van der Waals surface area contributed by atoms with E-state index < -0.39 is 43.6 Å². The SMILES string of the molecule is COc1ccc(C(N[C@H]2[C@H]3OCC[C@]2(COP(OCCC#N)N(C(C)C)C(C)C)O[C@H]3n2cnc3c(=O)[nH]c(NC(=O)C(C)C)nc32)(c2ccccc2)c2ccccc2)cc1. The Morgan fingerprint density at radius 2 is 1.64 bits per heavy atom. The van der Waals surface area contributed by atoms with E-state index in [-0.39, 0.29) is 60.7 Å². The Kier molecular flexibility index (Phi) is 13.7. The molecule has 5 aromatic rings. The van der Waals surface area contributed by atoms with Crippen molar-refractivity contribution in [3.8, 4) is 11.8 Å². The molecular formula is C45H55N8O7P. The second kappa shape index (κ2) is 18.9. The van der Waals surface area contributed by atoms with Gasteiger partial charge in [-0.15, -0.1) is 0 Å². The summed E-state index contributed by atoms with van der Waals surface area (Å²) in [5.74, 6) is 0.0746. The Morgan fingerprint density at radius 3 is 2.23 bits per heavy atom. The fraction of sp³-hybridized carbons (Fsp3) is 0.444. The number of nitrogens with zero attached hydrogens (tertiary/aromatic N) is 5. The van der Waals surface area contributed by atoms with Gasteiger partial charge in [0.05, 0.1) is 57.3 Å². The number of nitrogens with one attached hydrogen (secondary N) is 3. The number of anilines is 1. The maximum absolute atomic E-state index is 13.4. The number of H-pyrrole nitrogens is 1. The first kappa shape index (κ1) is 44.0. The van der Waals surface area contributed by atoms with Crippen molar-refractivity contribution in [1.82, 2.24) is 29.5 Å². The van der Waals surface area contributed by atoms with Gasteiger partial charge in [0.2, 0.25) is 11.9 Å². The molecule has 3 aromatic carbocycles. The standard InChI is InChI=1S/C45H55N8O7P/c1-29(2)40(54)49-43-48-39-36(41(55)50-43)47-28-52(39)42-37-38(44(60-42,23-26-57-37)27-59-61(58-25-14-24-46)53(30(3)4)31(5)6)51-45(32-15-10-8-11-16-32,33-17-12-9-13-18-33)34-19-21-35(56-7)22-20-34/h8-13,15-22,28-31,37-38,42,51H,14,23,25-27H2,1-7H3,(H2,48,49,50,54,55)/t37-,38+,42-,44-,61?/m1/s1. The van der Waals surface area contributed by atoms with Crippen LogP contribution in [0.4, 0.5) is 5.95 Å². The number of ether oxygens (including phenoxy) is 3. The van der Waals surface area contributed by atoms with Gasteiger partial charge >= 0.3 is 0 Å². The normalized spacial score (nSPS) is 20.7. The Morgan fingerprint density at radius 1 is 1.00 bits per heavy atom. The van der Waals surface area contributed by atoms with Crippen molar-refractivity contribution in [3.63, 3.8) is 0 Å². The molecule has 61 heavy (non-hydrogen) atoms. The van der Waals surface area contributed by atoms with Gasteiger partial charge in [-0.2, -0.15) is 10.2 Å². The van der Waals surface area contributed by atoms with Crippen LogP contribution in [0.15, 0.2) is 96.1 Å². The molecule has 1 amide bonds. The van der Waals surface area contributed by atoms with Crippen molar-refractivity contribution in [2.75, 3.05) is 32.2 Å². The van der Waals surface area contributed by atoms with Crippen molar-refractivity contribution >= 4 is 31.5 Å². The lowest BCUT2D eigenvalue weighted by molar-refractivity contribution is -0.118. The molecule has 0 saturated carbocycles. The smallest absolute Gasteiger partial charge is 0.280 e. The van der Waals surface area contributed by atoms with Gasteiger partial charge in [-0.25, -0.2) is 9.65 Å². The number of rotatable bonds is 18. The molecule has 1 unspecified atom stereocenters. The highest BCUT2D eigenvalue weighted by Crippen LogP contribution is 2.52. The number of fused-ring (bicyclic) bond motifs is 3. The van der Waals surface area contributed by atoms with Crippen molar-refractivity contribution in [2.45, 2.75) is 96.0 Å². The van der Waals surface area contributed by atoms with Crippen molar-refractivity contribution < 1.29 is 28.1 Å². The van der Waals surface area contributed by atoms with Gasteiger partial charge in [-0.3, -0.25) is 29.8 Å². The van der Waals surface area contributed by atoms with Crippen LogP contribution in [-0.4, -0.2) is 86.9 Å². The van der Waals surface area contributed by atoms with Gasteiger partial charge in [-0.05, 0) is 56.5 Å². The van der Waals surface area contributed by atoms with Crippen LogP contribution in [0.3, 0.4) is 0 Å². The lowest BCUT2D eigenvalue weighted by atomic mass is 9.74. The zero-order valence-electron chi connectivity index (χ0n) is 35.7. The number of hydrogen-bond acceptors (Lipinski definition) is 12. The topological polar surface area (TPSA) is 178 Å². The maximum atomic E-state index is 13.4. The molecule has 0 spiro atoms. The summed E-state index contributed by atoms with van der Waals surface area (Å²) in [6, 6.07) is 30.3. The predicted molar refractivity (Wildman–Crippen MR) is 233 cm³/mol. The molecule has 322 valence electrons. The maximum Gasteiger partial charge on any atom is 0.280 e. The number of carbonyl (C=O) groups excluding carboxylic acids is 1. The molecule has 4 heterocycles. The number of imidazole rings is 1. The minimum Gasteiger partial charge on any atom is -0.497 e. The third-order valence-corrected chi connectivity index (χ3v) is 13.3. The Balaban J connectivity index is 1.40. The molecule has 5 atom stereocenters. The zero-order valence-corrected chi connectivity index (χ0v) is 36.6. The highest BCUT2D eigenvalue weighted by Gasteiger charge is 2.62. The summed E-state index contributed by atoms with van der Waals surface area (Å²) in [4.78, 5) is 38.0. The Hall–Kier alpha value is -5.04. The quantitative estimate of drug-likeness (QED) is 0.0467. The second-order valence-electron chi connectivity index (χ2n) is 16.2. The first-order valence-corrected chi connectivity index (χ1v) is 21.9. The fourth-order valence-corrected chi connectivity index (χ4v) is 10.0. The summed E-state index contributed by atoms with van der Waals surface area (Å²) in [7, 11) is -0.00722. The first-order valence-electron chi connectivity index (χ1n) is 20.7. The van der Waals surface area contributed by atoms with E-state index in [0.717, 1.165) is 22.4 Å². The summed E-state index contributed by atoms with van der Waals surface area (Å²) in [6.07, 6.45) is 0.652. The summed E-state index contributed by atoms with van der Waals surface area (Å²) in [5.41, 5.74) is 0.669. The average Bonchev–Trinajstić information content (AvgIpc) is 3.74. The van der Waals surface area contributed by atoms with Gasteiger partial charge in [0.25, 0.3) is 14.1 Å². The largest absolute Gasteiger partial charge is 0.497 e. The highest BCUT2D eigenvalue weighted by atomic mass is 31.2. The van der Waals surface area contributed by atoms with Gasteiger partial charge in [0, 0.05) is 24.4 Å². The van der Waals surface area contributed by atoms with Gasteiger partial charge in [0.1, 0.15) is 17.5 Å². The summed E-state index contributed by atoms with van der Waals surface area (Å²) < 4.78 is 37.0. The van der Waals surface area contributed by atoms with E-state index in [1.807, 2.05) is 48.5 Å². The van der Waals surface area contributed by atoms with Gasteiger partial charge in [0.15, 0.2) is 17.4 Å². The Bertz CT molecular complexity index is 2300. The number of methoxy groups -OCH3 is 1. The number of hydrogen-bond donors (Lipinski definition) is 3. The van der Waals surface area contributed by atoms with E-state index in [1.165, 1.54) is 6.33 Å². The minimum atomic E-state index is -1.66. The molecule has 2 aromatic heterocycles. The zero-order chi connectivity index (χ0) is 43.3. The molecule has 2 saturated heterocycles. The Labute approximate surface area is 357 Å². The summed E-state index contributed by atoms with van der Waals surface area (Å²) in [6.45, 7) is 12.6. The van der Waals surface area contributed by atoms with Crippen LogP contribution >= 0.6 is 8.53 Å². The summed E-state index contributed by atoms with van der Waals surface area (Å²) >= 11 is 0. The van der Waals surface area contributed by atoms with Crippen LogP contribution in [0, 0.1) is 17.2 Å². The van der Waals surface area contributed by atoms with Crippen LogP contribution in [0.1, 0.15) is 77.3 Å². The summed E-state index contributed by atoms with van der Waals surface area (Å²) in [5, 5.41) is 16.3. The first-order chi connectivity index (χ1) is 29.4. The monoisotopic (exact) mass is 850 g/mol. The molecule has 0 aliphatic carbocycles. The van der Waals surface area contributed by atoms with Crippen LogP contribution in [0.2, 0.25) is 0 Å². The van der Waals surface area contributed by atoms with Crippen LogP contribution < -0.4 is 20.9 Å². The third-order valence-electron chi connectivity index (χ3n) is 11.2. The molecular weight excluding hydrogens is 796 g/mol. The predicted octanol–water partition coefficient (Wildman–Crippen LogP) is 7.02. The van der Waals surface area contributed by atoms with E-state index in [1.54, 1.807) is 25.5 Å². The molecule has 2 aliphatic rings. The van der Waals surface area contributed by atoms with E-state index in [2.05, 4.69) is 95.4 Å². The van der Waals surface area contributed by atoms with Crippen molar-refractivity contribution in [2.24, 2.45) is 5.92 Å². The minimum absolute atomic E-state index is 0.00172. The van der Waals surface area contributed by atoms with E-state index in [9.17, 15) is 14.9 Å². The number of carbonyl (C=O) groups is 1. The molecule has 16 heteroatoms. The highest BCUT2D eigenvalue weighted by molar-refractivity contribution is 7.44. The van der Waals surface area contributed by atoms with E-state index >= 15 is 0 Å². The molecule has 7 rings (SSSR count). The van der Waals surface area contributed by atoms with E-state index in [0.29, 0.717) is 13.0 Å². The molecule has 2 fully saturated rings.